The van der Waals surface area contributed by atoms with Crippen molar-refractivity contribution in [1.82, 2.24) is 0 Å². The van der Waals surface area contributed by atoms with Gasteiger partial charge in [-0.15, -0.1) is 0 Å². The molecule has 3 N–H and O–H groups in total. The maximum Gasteiger partial charge on any atom is 0.328 e. The molecule has 3 rings (SSSR count). The van der Waals surface area contributed by atoms with Crippen molar-refractivity contribution in [3.05, 3.63) is 63.7 Å². The van der Waals surface area contributed by atoms with Crippen LogP contribution in [0.4, 0.5) is 11.4 Å². The summed E-state index contributed by atoms with van der Waals surface area (Å²) in [6.45, 7) is 5.21. The van der Waals surface area contributed by atoms with Crippen LogP contribution in [0.25, 0.3) is 0 Å². The predicted molar refractivity (Wildman–Crippen MR) is 114 cm³/mol. The van der Waals surface area contributed by atoms with Crippen LogP contribution in [0.3, 0.4) is 0 Å². The number of nitrogens with two attached hydrogens (primary N) is 1. The van der Waals surface area contributed by atoms with E-state index < -0.39 is 28.6 Å². The number of anilines is 1. The fourth-order valence-electron chi connectivity index (χ4n) is 3.17. The molecule has 0 saturated carbocycles. The van der Waals surface area contributed by atoms with Gasteiger partial charge in [-0.25, -0.2) is 4.79 Å². The number of benzene rings is 2. The number of carbonyl (C=O) groups is 2. The van der Waals surface area contributed by atoms with Gasteiger partial charge in [-0.2, -0.15) is 0 Å². The molecule has 0 fully saturated rings. The van der Waals surface area contributed by atoms with Crippen molar-refractivity contribution >= 4 is 23.3 Å². The van der Waals surface area contributed by atoms with Gasteiger partial charge in [0.25, 0.3) is 11.6 Å². The highest BCUT2D eigenvalue weighted by Crippen LogP contribution is 2.32. The number of hydrogen-bond donors (Lipinski definition) is 2. The first-order chi connectivity index (χ1) is 14.6. The fourth-order valence-corrected chi connectivity index (χ4v) is 3.17. The lowest BCUT2D eigenvalue weighted by Gasteiger charge is -2.28. The van der Waals surface area contributed by atoms with E-state index in [2.05, 4.69) is 5.32 Å². The van der Waals surface area contributed by atoms with Crippen molar-refractivity contribution < 1.29 is 24.0 Å². The van der Waals surface area contributed by atoms with Gasteiger partial charge in [-0.05, 0) is 56.9 Å². The highest BCUT2D eigenvalue weighted by Gasteiger charge is 2.29. The minimum Gasteiger partial charge on any atom is -0.479 e. The van der Waals surface area contributed by atoms with Gasteiger partial charge < -0.3 is 20.5 Å². The first-order valence-electron chi connectivity index (χ1n) is 9.89. The Hall–Kier alpha value is -3.46. The highest BCUT2D eigenvalue weighted by atomic mass is 16.6. The van der Waals surface area contributed by atoms with Crippen molar-refractivity contribution in [3.63, 3.8) is 0 Å². The second-order valence-electron chi connectivity index (χ2n) is 8.09. The number of esters is 1. The molecule has 2 unspecified atom stereocenters. The first kappa shape index (κ1) is 22.2. The largest absolute Gasteiger partial charge is 0.479 e. The number of nitrogens with one attached hydrogen (secondary N) is 1. The van der Waals surface area contributed by atoms with Crippen LogP contribution in [-0.4, -0.2) is 28.5 Å². The third-order valence-electron chi connectivity index (χ3n) is 5.09. The number of carbonyl (C=O) groups excluding carboxylic acids is 2. The van der Waals surface area contributed by atoms with Gasteiger partial charge in [0.15, 0.2) is 6.10 Å². The minimum atomic E-state index is -1.03. The number of fused-ring (bicyclic) bond motifs is 1. The topological polar surface area (TPSA) is 134 Å². The molecule has 0 bridgehead atoms. The van der Waals surface area contributed by atoms with Gasteiger partial charge in [0.1, 0.15) is 17.4 Å². The lowest BCUT2D eigenvalue weighted by Crippen LogP contribution is -2.35. The van der Waals surface area contributed by atoms with Gasteiger partial charge in [0.05, 0.1) is 10.6 Å². The standard InChI is InChI=1S/C22H25N3O6/c1-13-20(26)24-17-12-15(6-9-18(17)30-13)19(23)21(27)31-22(2,3)11-10-14-4-7-16(8-5-14)25(28)29/h4-9,12-13,19H,10-11,23H2,1-3H3,(H,24,26). The number of aryl methyl sites for hydroxylation is 1. The number of non-ortho nitro benzene ring substituents is 1. The second kappa shape index (κ2) is 8.73. The zero-order valence-corrected chi connectivity index (χ0v) is 17.6. The Balaban J connectivity index is 1.61. The fraction of sp³-hybridized carbons (Fsp3) is 0.364. The van der Waals surface area contributed by atoms with Gasteiger partial charge in [0.2, 0.25) is 0 Å². The van der Waals surface area contributed by atoms with Crippen LogP contribution in [0.1, 0.15) is 44.4 Å². The Labute approximate surface area is 179 Å². The molecule has 2 atom stereocenters. The van der Waals surface area contributed by atoms with E-state index in [4.69, 9.17) is 15.2 Å². The molecule has 0 aliphatic carbocycles. The lowest BCUT2D eigenvalue weighted by atomic mass is 9.98. The Morgan fingerprint density at radius 2 is 1.97 bits per heavy atom. The molecule has 1 aliphatic heterocycles. The molecule has 1 heterocycles. The molecule has 9 nitrogen and oxygen atoms in total. The van der Waals surface area contributed by atoms with Crippen LogP contribution in [0.5, 0.6) is 5.75 Å². The number of nitro benzene ring substituents is 1. The summed E-state index contributed by atoms with van der Waals surface area (Å²) in [6, 6.07) is 10.2. The lowest BCUT2D eigenvalue weighted by molar-refractivity contribution is -0.384. The van der Waals surface area contributed by atoms with E-state index in [1.54, 1.807) is 51.1 Å². The van der Waals surface area contributed by atoms with E-state index in [0.29, 0.717) is 29.8 Å². The average molecular weight is 427 g/mol. The van der Waals surface area contributed by atoms with Gasteiger partial charge >= 0.3 is 5.97 Å². The van der Waals surface area contributed by atoms with E-state index in [1.807, 2.05) is 0 Å². The summed E-state index contributed by atoms with van der Waals surface area (Å²) in [4.78, 5) is 34.7. The van der Waals surface area contributed by atoms with Gasteiger partial charge in [-0.1, -0.05) is 18.2 Å². The third kappa shape index (κ3) is 5.37. The molecule has 164 valence electrons. The predicted octanol–water partition coefficient (Wildman–Crippen LogP) is 3.27. The maximum absolute atomic E-state index is 12.6. The molecule has 1 aliphatic rings. The SMILES string of the molecule is CC1Oc2ccc(C(N)C(=O)OC(C)(C)CCc3ccc([N+](=O)[O-])cc3)cc2NC1=O. The highest BCUT2D eigenvalue weighted by molar-refractivity contribution is 5.97. The molecule has 9 heteroatoms. The summed E-state index contributed by atoms with van der Waals surface area (Å²) in [5.41, 5.74) is 7.19. The van der Waals surface area contributed by atoms with Crippen molar-refractivity contribution in [2.45, 2.75) is 51.4 Å². The quantitative estimate of drug-likeness (QED) is 0.393. The molecule has 31 heavy (non-hydrogen) atoms. The van der Waals surface area contributed by atoms with Crippen LogP contribution in [0.15, 0.2) is 42.5 Å². The van der Waals surface area contributed by atoms with E-state index in [9.17, 15) is 19.7 Å². The maximum atomic E-state index is 12.6. The summed E-state index contributed by atoms with van der Waals surface area (Å²) < 4.78 is 11.1. The van der Waals surface area contributed by atoms with Crippen LogP contribution < -0.4 is 15.8 Å². The summed E-state index contributed by atoms with van der Waals surface area (Å²) in [7, 11) is 0. The molecule has 2 aromatic carbocycles. The molecular formula is C22H25N3O6. The first-order valence-corrected chi connectivity index (χ1v) is 9.89. The van der Waals surface area contributed by atoms with E-state index >= 15 is 0 Å². The van der Waals surface area contributed by atoms with Gasteiger partial charge in [-0.3, -0.25) is 14.9 Å². The van der Waals surface area contributed by atoms with Crippen LogP contribution in [0.2, 0.25) is 0 Å². The Kier molecular flexibility index (Phi) is 6.26. The average Bonchev–Trinajstić information content (AvgIpc) is 2.72. The normalized spacial score (nSPS) is 16.5. The van der Waals surface area contributed by atoms with E-state index in [0.717, 1.165) is 5.56 Å². The van der Waals surface area contributed by atoms with Crippen molar-refractivity contribution in [2.24, 2.45) is 5.73 Å². The zero-order valence-electron chi connectivity index (χ0n) is 17.6. The van der Waals surface area contributed by atoms with Crippen LogP contribution >= 0.6 is 0 Å². The van der Waals surface area contributed by atoms with Crippen molar-refractivity contribution in [2.75, 3.05) is 5.32 Å². The zero-order chi connectivity index (χ0) is 22.8. The number of rotatable bonds is 7. The molecule has 0 aromatic heterocycles. The van der Waals surface area contributed by atoms with Gasteiger partial charge in [0, 0.05) is 12.1 Å². The summed E-state index contributed by atoms with van der Waals surface area (Å²) in [5, 5.41) is 13.5. The summed E-state index contributed by atoms with van der Waals surface area (Å²) in [5.74, 6) is -0.349. The van der Waals surface area contributed by atoms with Crippen LogP contribution in [0, 0.1) is 10.1 Å². The third-order valence-corrected chi connectivity index (χ3v) is 5.09. The Morgan fingerprint density at radius 3 is 2.61 bits per heavy atom. The number of nitrogens with zero attached hydrogens (tertiary/aromatic N) is 1. The van der Waals surface area contributed by atoms with E-state index in [-0.39, 0.29) is 11.6 Å². The number of amides is 1. The van der Waals surface area contributed by atoms with Crippen molar-refractivity contribution in [3.8, 4) is 5.75 Å². The van der Waals surface area contributed by atoms with Crippen molar-refractivity contribution in [1.29, 1.82) is 0 Å². The molecule has 0 radical (unpaired) electrons. The summed E-state index contributed by atoms with van der Waals surface area (Å²) >= 11 is 0. The monoisotopic (exact) mass is 427 g/mol. The number of hydrogen-bond acceptors (Lipinski definition) is 7. The van der Waals surface area contributed by atoms with Crippen LogP contribution in [-0.2, 0) is 20.7 Å². The minimum absolute atomic E-state index is 0.0292. The molecule has 2 aromatic rings. The molecular weight excluding hydrogens is 402 g/mol. The number of nitro groups is 1. The molecule has 1 amide bonds. The summed E-state index contributed by atoms with van der Waals surface area (Å²) in [6.07, 6.45) is 0.497. The van der Waals surface area contributed by atoms with E-state index in [1.165, 1.54) is 12.1 Å². The Bertz CT molecular complexity index is 1000. The smallest absolute Gasteiger partial charge is 0.328 e. The molecule has 0 saturated heterocycles. The second-order valence-corrected chi connectivity index (χ2v) is 8.09. The number of ether oxygens (including phenoxy) is 2. The Morgan fingerprint density at radius 1 is 1.29 bits per heavy atom. The molecule has 0 spiro atoms.